The second kappa shape index (κ2) is 5.10. The number of aryl methyl sites for hydroxylation is 1. The van der Waals surface area contributed by atoms with Gasteiger partial charge in [0.2, 0.25) is 0 Å². The molecule has 2 unspecified atom stereocenters. The van der Waals surface area contributed by atoms with E-state index in [2.05, 4.69) is 9.59 Å². The number of nitrogens with zero attached hydrogens (tertiary/aromatic N) is 3. The lowest BCUT2D eigenvalue weighted by Gasteiger charge is -2.34. The van der Waals surface area contributed by atoms with Crippen molar-refractivity contribution in [3.05, 3.63) is 10.6 Å². The minimum absolute atomic E-state index is 0.0582. The lowest BCUT2D eigenvalue weighted by molar-refractivity contribution is 0.0665. The highest BCUT2D eigenvalue weighted by atomic mass is 32.1. The van der Waals surface area contributed by atoms with Crippen LogP contribution in [0.15, 0.2) is 0 Å². The Morgan fingerprint density at radius 1 is 1.65 bits per heavy atom. The number of nitrogens with two attached hydrogens (primary N) is 1. The maximum atomic E-state index is 12.3. The van der Waals surface area contributed by atoms with Gasteiger partial charge in [0, 0.05) is 19.1 Å². The van der Waals surface area contributed by atoms with Gasteiger partial charge in [-0.25, -0.2) is 0 Å². The molecule has 0 bridgehead atoms. The standard InChI is InChI=1S/C11H18N4OS/c1-7(12)9-4-3-5-15(6-9)11(16)10-8(2)13-14-17-10/h7,9H,3-6,12H2,1-2H3. The fourth-order valence-electron chi connectivity index (χ4n) is 2.19. The van der Waals surface area contributed by atoms with Crippen molar-refractivity contribution in [2.75, 3.05) is 13.1 Å². The molecule has 1 saturated heterocycles. The summed E-state index contributed by atoms with van der Waals surface area (Å²) in [6.45, 7) is 5.41. The monoisotopic (exact) mass is 254 g/mol. The third kappa shape index (κ3) is 2.63. The van der Waals surface area contributed by atoms with Crippen LogP contribution >= 0.6 is 11.5 Å². The van der Waals surface area contributed by atoms with Crippen LogP contribution in [0.25, 0.3) is 0 Å². The van der Waals surface area contributed by atoms with E-state index in [1.54, 1.807) is 0 Å². The predicted molar refractivity (Wildman–Crippen MR) is 66.9 cm³/mol. The van der Waals surface area contributed by atoms with Gasteiger partial charge >= 0.3 is 0 Å². The molecule has 0 radical (unpaired) electrons. The van der Waals surface area contributed by atoms with Crippen LogP contribution in [0.1, 0.15) is 35.1 Å². The van der Waals surface area contributed by atoms with Crippen LogP contribution in [-0.4, -0.2) is 39.5 Å². The number of likely N-dealkylation sites (tertiary alicyclic amines) is 1. The zero-order valence-corrected chi connectivity index (χ0v) is 11.0. The maximum Gasteiger partial charge on any atom is 0.267 e. The van der Waals surface area contributed by atoms with Crippen molar-refractivity contribution in [2.24, 2.45) is 11.7 Å². The van der Waals surface area contributed by atoms with Crippen molar-refractivity contribution in [1.29, 1.82) is 0 Å². The number of carbonyl (C=O) groups excluding carboxylic acids is 1. The molecule has 6 heteroatoms. The second-order valence-electron chi connectivity index (χ2n) is 4.70. The first-order valence-electron chi connectivity index (χ1n) is 5.93. The molecule has 1 aromatic rings. The van der Waals surface area contributed by atoms with Gasteiger partial charge in [-0.15, -0.1) is 5.10 Å². The second-order valence-corrected chi connectivity index (χ2v) is 5.45. The normalized spacial score (nSPS) is 22.5. The molecule has 17 heavy (non-hydrogen) atoms. The molecule has 1 aliphatic rings. The van der Waals surface area contributed by atoms with E-state index in [1.165, 1.54) is 11.5 Å². The minimum Gasteiger partial charge on any atom is -0.338 e. The van der Waals surface area contributed by atoms with Gasteiger partial charge in [0.05, 0.1) is 5.69 Å². The molecule has 0 aliphatic carbocycles. The largest absolute Gasteiger partial charge is 0.338 e. The molecule has 0 aromatic carbocycles. The Kier molecular flexibility index (Phi) is 3.73. The van der Waals surface area contributed by atoms with Crippen molar-refractivity contribution in [3.63, 3.8) is 0 Å². The van der Waals surface area contributed by atoms with Crippen LogP contribution in [0.4, 0.5) is 0 Å². The molecule has 0 spiro atoms. The van der Waals surface area contributed by atoms with Crippen molar-refractivity contribution in [1.82, 2.24) is 14.5 Å². The number of hydrogen-bond donors (Lipinski definition) is 1. The smallest absolute Gasteiger partial charge is 0.267 e. The first kappa shape index (κ1) is 12.4. The molecular weight excluding hydrogens is 236 g/mol. The Balaban J connectivity index is 2.07. The van der Waals surface area contributed by atoms with Crippen LogP contribution in [0.2, 0.25) is 0 Å². The number of hydrogen-bond acceptors (Lipinski definition) is 5. The summed E-state index contributed by atoms with van der Waals surface area (Å²) in [5.74, 6) is 0.469. The molecule has 1 aromatic heterocycles. The predicted octanol–water partition coefficient (Wildman–Crippen LogP) is 1.05. The first-order chi connectivity index (χ1) is 8.09. The number of rotatable bonds is 2. The molecule has 2 N–H and O–H groups in total. The van der Waals surface area contributed by atoms with Crippen molar-refractivity contribution in [2.45, 2.75) is 32.7 Å². The van der Waals surface area contributed by atoms with E-state index in [0.29, 0.717) is 10.8 Å². The highest BCUT2D eigenvalue weighted by molar-refractivity contribution is 7.07. The van der Waals surface area contributed by atoms with E-state index in [9.17, 15) is 4.79 Å². The molecule has 1 fully saturated rings. The summed E-state index contributed by atoms with van der Waals surface area (Å²) in [6, 6.07) is 0.145. The third-order valence-corrected chi connectivity index (χ3v) is 4.15. The number of aromatic nitrogens is 2. The Morgan fingerprint density at radius 2 is 2.41 bits per heavy atom. The quantitative estimate of drug-likeness (QED) is 0.856. The summed E-state index contributed by atoms with van der Waals surface area (Å²) >= 11 is 1.18. The Labute approximate surface area is 105 Å². The van der Waals surface area contributed by atoms with Crippen molar-refractivity contribution < 1.29 is 4.79 Å². The van der Waals surface area contributed by atoms with Gasteiger partial charge in [-0.1, -0.05) is 4.49 Å². The lowest BCUT2D eigenvalue weighted by atomic mass is 9.92. The van der Waals surface area contributed by atoms with Gasteiger partial charge in [0.15, 0.2) is 0 Å². The van der Waals surface area contributed by atoms with Gasteiger partial charge in [0.25, 0.3) is 5.91 Å². The zero-order chi connectivity index (χ0) is 12.4. The van der Waals surface area contributed by atoms with Gasteiger partial charge in [0.1, 0.15) is 4.88 Å². The molecular formula is C11H18N4OS. The fourth-order valence-corrected chi connectivity index (χ4v) is 2.82. The summed E-state index contributed by atoms with van der Waals surface area (Å²) in [7, 11) is 0. The molecule has 94 valence electrons. The Bertz CT molecular complexity index is 404. The third-order valence-electron chi connectivity index (χ3n) is 3.33. The highest BCUT2D eigenvalue weighted by Gasteiger charge is 2.28. The van der Waals surface area contributed by atoms with Crippen molar-refractivity contribution in [3.8, 4) is 0 Å². The Morgan fingerprint density at radius 3 is 3.00 bits per heavy atom. The molecule has 5 nitrogen and oxygen atoms in total. The zero-order valence-electron chi connectivity index (χ0n) is 10.2. The van der Waals surface area contributed by atoms with Crippen LogP contribution in [0.5, 0.6) is 0 Å². The number of amides is 1. The molecule has 0 saturated carbocycles. The van der Waals surface area contributed by atoms with E-state index in [1.807, 2.05) is 18.7 Å². The summed E-state index contributed by atoms with van der Waals surface area (Å²) in [4.78, 5) is 14.8. The SMILES string of the molecule is Cc1nnsc1C(=O)N1CCCC(C(C)N)C1. The van der Waals surface area contributed by atoms with Crippen LogP contribution in [0, 0.1) is 12.8 Å². The number of carbonyl (C=O) groups is 1. The molecule has 2 heterocycles. The minimum atomic E-state index is 0.0582. The van der Waals surface area contributed by atoms with E-state index in [0.717, 1.165) is 31.6 Å². The Hall–Kier alpha value is -1.01. The topological polar surface area (TPSA) is 72.1 Å². The molecule has 2 atom stereocenters. The number of piperidine rings is 1. The average Bonchev–Trinajstić information content (AvgIpc) is 2.74. The van der Waals surface area contributed by atoms with Crippen LogP contribution in [-0.2, 0) is 0 Å². The maximum absolute atomic E-state index is 12.3. The van der Waals surface area contributed by atoms with Gasteiger partial charge < -0.3 is 10.6 Å². The van der Waals surface area contributed by atoms with Crippen molar-refractivity contribution >= 4 is 17.4 Å². The van der Waals surface area contributed by atoms with Crippen LogP contribution < -0.4 is 5.73 Å². The lowest BCUT2D eigenvalue weighted by Crippen LogP contribution is -2.45. The summed E-state index contributed by atoms with van der Waals surface area (Å²) < 4.78 is 3.81. The molecule has 1 aliphatic heterocycles. The first-order valence-corrected chi connectivity index (χ1v) is 6.70. The average molecular weight is 254 g/mol. The van der Waals surface area contributed by atoms with E-state index >= 15 is 0 Å². The fraction of sp³-hybridized carbons (Fsp3) is 0.727. The summed E-state index contributed by atoms with van der Waals surface area (Å²) in [6.07, 6.45) is 2.14. The van der Waals surface area contributed by atoms with Gasteiger partial charge in [-0.3, -0.25) is 4.79 Å². The molecule has 1 amide bonds. The molecule has 2 rings (SSSR count). The van der Waals surface area contributed by atoms with E-state index < -0.39 is 0 Å². The van der Waals surface area contributed by atoms with Crippen LogP contribution in [0.3, 0.4) is 0 Å². The van der Waals surface area contributed by atoms with E-state index in [-0.39, 0.29) is 11.9 Å². The highest BCUT2D eigenvalue weighted by Crippen LogP contribution is 2.22. The summed E-state index contributed by atoms with van der Waals surface area (Å²) in [5.41, 5.74) is 6.64. The summed E-state index contributed by atoms with van der Waals surface area (Å²) in [5, 5.41) is 3.88. The van der Waals surface area contributed by atoms with E-state index in [4.69, 9.17) is 5.73 Å². The van der Waals surface area contributed by atoms with Gasteiger partial charge in [-0.05, 0) is 44.1 Å². The van der Waals surface area contributed by atoms with Gasteiger partial charge in [-0.2, -0.15) is 0 Å².